The Labute approximate surface area is 107 Å². The summed E-state index contributed by atoms with van der Waals surface area (Å²) >= 11 is 0. The van der Waals surface area contributed by atoms with Crippen LogP contribution >= 0.6 is 0 Å². The molecule has 92 valence electrons. The van der Waals surface area contributed by atoms with Gasteiger partial charge in [0.05, 0.1) is 0 Å². The van der Waals surface area contributed by atoms with Crippen LogP contribution in [-0.4, -0.2) is 10.9 Å². The van der Waals surface area contributed by atoms with Gasteiger partial charge in [0.15, 0.2) is 0 Å². The first kappa shape index (κ1) is 12.3. The van der Waals surface area contributed by atoms with Gasteiger partial charge in [0.25, 0.3) is 5.91 Å². The molecule has 1 aromatic carbocycles. The lowest BCUT2D eigenvalue weighted by Crippen LogP contribution is -2.23. The van der Waals surface area contributed by atoms with E-state index in [1.807, 2.05) is 44.2 Å². The molecule has 0 bridgehead atoms. The van der Waals surface area contributed by atoms with E-state index in [1.165, 1.54) is 0 Å². The molecule has 0 saturated carbocycles. The average molecular weight is 240 g/mol. The quantitative estimate of drug-likeness (QED) is 0.896. The summed E-state index contributed by atoms with van der Waals surface area (Å²) in [6.07, 6.45) is 3.47. The van der Waals surface area contributed by atoms with Crippen molar-refractivity contribution in [3.8, 4) is 0 Å². The Morgan fingerprint density at radius 2 is 2.11 bits per heavy atom. The summed E-state index contributed by atoms with van der Waals surface area (Å²) in [5.74, 6) is -0.0450. The zero-order chi connectivity index (χ0) is 13.0. The van der Waals surface area contributed by atoms with Gasteiger partial charge in [0.1, 0.15) is 0 Å². The summed E-state index contributed by atoms with van der Waals surface area (Å²) < 4.78 is 0. The van der Waals surface area contributed by atoms with Crippen molar-refractivity contribution in [3.05, 3.63) is 65.0 Å². The maximum atomic E-state index is 12.0. The molecule has 1 heterocycles. The molecule has 2 aromatic rings. The predicted octanol–water partition coefficient (Wildman–Crippen LogP) is 2.63. The van der Waals surface area contributed by atoms with Gasteiger partial charge in [-0.2, -0.15) is 0 Å². The highest BCUT2D eigenvalue weighted by Crippen LogP contribution is 2.10. The minimum atomic E-state index is -0.0450. The van der Waals surface area contributed by atoms with Crippen LogP contribution in [0, 0.1) is 13.8 Å². The molecule has 1 amide bonds. The number of rotatable bonds is 3. The second-order valence-corrected chi connectivity index (χ2v) is 4.36. The Morgan fingerprint density at radius 3 is 2.78 bits per heavy atom. The van der Waals surface area contributed by atoms with Crippen LogP contribution in [0.25, 0.3) is 0 Å². The molecule has 3 heteroatoms. The number of aryl methyl sites for hydroxylation is 2. The lowest BCUT2D eigenvalue weighted by molar-refractivity contribution is 0.0950. The summed E-state index contributed by atoms with van der Waals surface area (Å²) in [5, 5.41) is 2.90. The van der Waals surface area contributed by atoms with E-state index in [0.29, 0.717) is 6.54 Å². The Hall–Kier alpha value is -2.16. The molecule has 3 nitrogen and oxygen atoms in total. The number of nitrogens with zero attached hydrogens (tertiary/aromatic N) is 1. The second-order valence-electron chi connectivity index (χ2n) is 4.36. The van der Waals surface area contributed by atoms with Gasteiger partial charge in [-0.3, -0.25) is 9.78 Å². The van der Waals surface area contributed by atoms with Crippen molar-refractivity contribution in [3.63, 3.8) is 0 Å². The number of carbonyl (C=O) groups is 1. The number of pyridine rings is 1. The number of nitrogens with one attached hydrogen (secondary N) is 1. The van der Waals surface area contributed by atoms with Gasteiger partial charge >= 0.3 is 0 Å². The van der Waals surface area contributed by atoms with E-state index < -0.39 is 0 Å². The fourth-order valence-corrected chi connectivity index (χ4v) is 1.85. The SMILES string of the molecule is Cc1ccc(C(=O)NCc2cccnc2)c(C)c1. The van der Waals surface area contributed by atoms with Crippen LogP contribution in [0.2, 0.25) is 0 Å². The summed E-state index contributed by atoms with van der Waals surface area (Å²) in [6, 6.07) is 9.63. The van der Waals surface area contributed by atoms with Gasteiger partial charge in [0, 0.05) is 24.5 Å². The standard InChI is InChI=1S/C15H16N2O/c1-11-5-6-14(12(2)8-11)15(18)17-10-13-4-3-7-16-9-13/h3-9H,10H2,1-2H3,(H,17,18). The molecule has 0 atom stereocenters. The van der Waals surface area contributed by atoms with E-state index in [4.69, 9.17) is 0 Å². The molecule has 0 aliphatic heterocycles. The van der Waals surface area contributed by atoms with E-state index in [0.717, 1.165) is 22.3 Å². The van der Waals surface area contributed by atoms with Gasteiger partial charge in [-0.25, -0.2) is 0 Å². The molecule has 2 rings (SSSR count). The Kier molecular flexibility index (Phi) is 3.72. The molecule has 0 aliphatic rings. The Bertz CT molecular complexity index is 550. The first-order chi connectivity index (χ1) is 8.66. The van der Waals surface area contributed by atoms with Crippen molar-refractivity contribution in [1.82, 2.24) is 10.3 Å². The van der Waals surface area contributed by atoms with Crippen molar-refractivity contribution >= 4 is 5.91 Å². The fraction of sp³-hybridized carbons (Fsp3) is 0.200. The van der Waals surface area contributed by atoms with Crippen LogP contribution in [0.5, 0.6) is 0 Å². The minimum absolute atomic E-state index is 0.0450. The predicted molar refractivity (Wildman–Crippen MR) is 71.3 cm³/mol. The molecule has 0 fully saturated rings. The molecule has 0 saturated heterocycles. The number of benzene rings is 1. The van der Waals surface area contributed by atoms with Gasteiger partial charge in [-0.1, -0.05) is 23.8 Å². The zero-order valence-corrected chi connectivity index (χ0v) is 10.6. The second kappa shape index (κ2) is 5.45. The van der Waals surface area contributed by atoms with Crippen molar-refractivity contribution in [2.45, 2.75) is 20.4 Å². The van der Waals surface area contributed by atoms with Crippen molar-refractivity contribution < 1.29 is 4.79 Å². The normalized spacial score (nSPS) is 10.1. The molecule has 0 spiro atoms. The van der Waals surface area contributed by atoms with Crippen LogP contribution < -0.4 is 5.32 Å². The van der Waals surface area contributed by atoms with Crippen LogP contribution in [0.1, 0.15) is 27.0 Å². The summed E-state index contributed by atoms with van der Waals surface area (Å²) in [6.45, 7) is 4.47. The van der Waals surface area contributed by atoms with Crippen LogP contribution in [-0.2, 0) is 6.54 Å². The molecular weight excluding hydrogens is 224 g/mol. The third-order valence-corrected chi connectivity index (χ3v) is 2.80. The third kappa shape index (κ3) is 2.94. The fourth-order valence-electron chi connectivity index (χ4n) is 1.85. The van der Waals surface area contributed by atoms with Gasteiger partial charge in [-0.05, 0) is 37.1 Å². The number of carbonyl (C=O) groups excluding carboxylic acids is 1. The minimum Gasteiger partial charge on any atom is -0.348 e. The molecule has 0 radical (unpaired) electrons. The third-order valence-electron chi connectivity index (χ3n) is 2.80. The van der Waals surface area contributed by atoms with E-state index in [2.05, 4.69) is 10.3 Å². The lowest BCUT2D eigenvalue weighted by atomic mass is 10.1. The maximum Gasteiger partial charge on any atom is 0.251 e. The van der Waals surface area contributed by atoms with E-state index >= 15 is 0 Å². The zero-order valence-electron chi connectivity index (χ0n) is 10.6. The largest absolute Gasteiger partial charge is 0.348 e. The molecular formula is C15H16N2O. The number of hydrogen-bond donors (Lipinski definition) is 1. The molecule has 1 N–H and O–H groups in total. The first-order valence-corrected chi connectivity index (χ1v) is 5.91. The molecule has 1 aromatic heterocycles. The lowest BCUT2D eigenvalue weighted by Gasteiger charge is -2.08. The topological polar surface area (TPSA) is 42.0 Å². The van der Waals surface area contributed by atoms with E-state index in [1.54, 1.807) is 12.4 Å². The Balaban J connectivity index is 2.04. The van der Waals surface area contributed by atoms with Crippen molar-refractivity contribution in [2.75, 3.05) is 0 Å². The summed E-state index contributed by atoms with van der Waals surface area (Å²) in [5.41, 5.74) is 3.88. The highest BCUT2D eigenvalue weighted by Gasteiger charge is 2.08. The van der Waals surface area contributed by atoms with E-state index in [-0.39, 0.29) is 5.91 Å². The molecule has 0 unspecified atom stereocenters. The van der Waals surface area contributed by atoms with E-state index in [9.17, 15) is 4.79 Å². The monoisotopic (exact) mass is 240 g/mol. The van der Waals surface area contributed by atoms with Gasteiger partial charge in [0.2, 0.25) is 0 Å². The Morgan fingerprint density at radius 1 is 1.28 bits per heavy atom. The average Bonchev–Trinajstić information content (AvgIpc) is 2.37. The van der Waals surface area contributed by atoms with Crippen LogP contribution in [0.4, 0.5) is 0 Å². The highest BCUT2D eigenvalue weighted by atomic mass is 16.1. The summed E-state index contributed by atoms with van der Waals surface area (Å²) in [4.78, 5) is 16.0. The molecule has 18 heavy (non-hydrogen) atoms. The van der Waals surface area contributed by atoms with Crippen LogP contribution in [0.3, 0.4) is 0 Å². The van der Waals surface area contributed by atoms with Crippen molar-refractivity contribution in [1.29, 1.82) is 0 Å². The van der Waals surface area contributed by atoms with Crippen molar-refractivity contribution in [2.24, 2.45) is 0 Å². The van der Waals surface area contributed by atoms with Gasteiger partial charge in [-0.15, -0.1) is 0 Å². The van der Waals surface area contributed by atoms with Crippen LogP contribution in [0.15, 0.2) is 42.7 Å². The number of hydrogen-bond acceptors (Lipinski definition) is 2. The van der Waals surface area contributed by atoms with Gasteiger partial charge < -0.3 is 5.32 Å². The first-order valence-electron chi connectivity index (χ1n) is 5.91. The smallest absolute Gasteiger partial charge is 0.251 e. The summed E-state index contributed by atoms with van der Waals surface area (Å²) in [7, 11) is 0. The number of amides is 1. The highest BCUT2D eigenvalue weighted by molar-refractivity contribution is 5.95. The maximum absolute atomic E-state index is 12.0. The number of aromatic nitrogens is 1. The molecule has 0 aliphatic carbocycles.